The third-order valence-corrected chi connectivity index (χ3v) is 7.01. The third-order valence-electron chi connectivity index (χ3n) is 4.66. The maximum absolute atomic E-state index is 13.1. The maximum Gasteiger partial charge on any atom is 0.256 e. The van der Waals surface area contributed by atoms with Crippen molar-refractivity contribution in [1.82, 2.24) is 14.5 Å². The third kappa shape index (κ3) is 3.96. The summed E-state index contributed by atoms with van der Waals surface area (Å²) in [6.45, 7) is 0.302. The van der Waals surface area contributed by atoms with Crippen LogP contribution in [0.5, 0.6) is 0 Å². The molecule has 0 radical (unpaired) electrons. The molecule has 2 heterocycles. The van der Waals surface area contributed by atoms with Crippen molar-refractivity contribution in [2.75, 3.05) is 11.9 Å². The molecule has 0 fully saturated rings. The number of nitrogens with one attached hydrogen (secondary N) is 2. The summed E-state index contributed by atoms with van der Waals surface area (Å²) in [5.74, 6) is -0.475. The number of hydrogen-bond acceptors (Lipinski definition) is 4. The average molecular weight is 479 g/mol. The van der Waals surface area contributed by atoms with E-state index in [1.165, 1.54) is 16.4 Å². The van der Waals surface area contributed by atoms with E-state index in [4.69, 9.17) is 0 Å². The van der Waals surface area contributed by atoms with Gasteiger partial charge in [-0.2, -0.15) is 9.40 Å². The van der Waals surface area contributed by atoms with Gasteiger partial charge in [-0.1, -0.05) is 22.0 Å². The van der Waals surface area contributed by atoms with Gasteiger partial charge in [0.25, 0.3) is 5.91 Å². The fourth-order valence-electron chi connectivity index (χ4n) is 3.15. The minimum absolute atomic E-state index is 0.0190. The summed E-state index contributed by atoms with van der Waals surface area (Å²) >= 11 is 3.33. The molecule has 2 aromatic carbocycles. The molecule has 0 saturated carbocycles. The van der Waals surface area contributed by atoms with E-state index in [9.17, 15) is 17.6 Å². The largest absolute Gasteiger partial charge is 0.307 e. The number of sulfonamides is 1. The predicted molar refractivity (Wildman–Crippen MR) is 108 cm³/mol. The van der Waals surface area contributed by atoms with Crippen LogP contribution in [0.3, 0.4) is 0 Å². The number of aromatic amines is 1. The normalized spacial score (nSPS) is 14.4. The van der Waals surface area contributed by atoms with Gasteiger partial charge in [0.2, 0.25) is 10.0 Å². The summed E-state index contributed by atoms with van der Waals surface area (Å²) in [6, 6.07) is 11.6. The van der Waals surface area contributed by atoms with E-state index in [-0.39, 0.29) is 23.9 Å². The number of H-pyrrole nitrogens is 1. The minimum Gasteiger partial charge on any atom is -0.307 e. The lowest BCUT2D eigenvalue weighted by atomic mass is 10.1. The van der Waals surface area contributed by atoms with Crippen molar-refractivity contribution in [3.05, 3.63) is 75.6 Å². The molecular weight excluding hydrogens is 463 g/mol. The number of amides is 1. The predicted octanol–water partition coefficient (Wildman–Crippen LogP) is 3.31. The van der Waals surface area contributed by atoms with Gasteiger partial charge in [-0.25, -0.2) is 12.8 Å². The van der Waals surface area contributed by atoms with E-state index in [2.05, 4.69) is 31.4 Å². The van der Waals surface area contributed by atoms with Crippen molar-refractivity contribution >= 4 is 37.7 Å². The van der Waals surface area contributed by atoms with Gasteiger partial charge in [0, 0.05) is 35.1 Å². The Morgan fingerprint density at radius 2 is 1.97 bits per heavy atom. The Labute approximate surface area is 175 Å². The van der Waals surface area contributed by atoms with Crippen molar-refractivity contribution < 1.29 is 17.6 Å². The molecule has 10 heteroatoms. The van der Waals surface area contributed by atoms with Gasteiger partial charge in [-0.3, -0.25) is 9.89 Å². The number of nitrogens with zero attached hydrogens (tertiary/aromatic N) is 2. The first kappa shape index (κ1) is 19.7. The van der Waals surface area contributed by atoms with E-state index in [1.807, 2.05) is 6.07 Å². The number of hydrogen-bond donors (Lipinski definition) is 2. The minimum atomic E-state index is -3.80. The second-order valence-electron chi connectivity index (χ2n) is 6.53. The van der Waals surface area contributed by atoms with Gasteiger partial charge >= 0.3 is 0 Å². The molecule has 0 aliphatic carbocycles. The zero-order valence-corrected chi connectivity index (χ0v) is 17.4. The number of halogens is 2. The van der Waals surface area contributed by atoms with Crippen LogP contribution >= 0.6 is 15.9 Å². The molecule has 0 spiro atoms. The maximum atomic E-state index is 13.1. The fraction of sp³-hybridized carbons (Fsp3) is 0.158. The van der Waals surface area contributed by atoms with Crippen LogP contribution in [0.25, 0.3) is 0 Å². The molecule has 0 saturated heterocycles. The molecule has 1 amide bonds. The first-order chi connectivity index (χ1) is 13.8. The van der Waals surface area contributed by atoms with Crippen molar-refractivity contribution in [1.29, 1.82) is 0 Å². The molecular formula is C19H16BrFN4O3S. The summed E-state index contributed by atoms with van der Waals surface area (Å²) in [6.07, 6.45) is 0.402. The van der Waals surface area contributed by atoms with Gasteiger partial charge in [-0.05, 0) is 42.5 Å². The van der Waals surface area contributed by atoms with Crippen LogP contribution in [-0.2, 0) is 23.0 Å². The summed E-state index contributed by atoms with van der Waals surface area (Å²) < 4.78 is 41.0. The Morgan fingerprint density at radius 1 is 1.21 bits per heavy atom. The van der Waals surface area contributed by atoms with Crippen LogP contribution in [0, 0.1) is 5.82 Å². The topological polar surface area (TPSA) is 95.2 Å². The van der Waals surface area contributed by atoms with Crippen molar-refractivity contribution in [2.45, 2.75) is 17.9 Å². The zero-order chi connectivity index (χ0) is 20.6. The van der Waals surface area contributed by atoms with Crippen LogP contribution in [0.15, 0.2) is 57.9 Å². The van der Waals surface area contributed by atoms with Crippen LogP contribution in [0.2, 0.25) is 0 Å². The van der Waals surface area contributed by atoms with Gasteiger partial charge in [-0.15, -0.1) is 0 Å². The summed E-state index contributed by atoms with van der Waals surface area (Å²) in [7, 11) is -3.80. The number of fused-ring (bicyclic) bond motifs is 1. The van der Waals surface area contributed by atoms with Gasteiger partial charge in [0.05, 0.1) is 10.6 Å². The Kier molecular flexibility index (Phi) is 5.24. The number of benzene rings is 2. The molecule has 2 N–H and O–H groups in total. The van der Waals surface area contributed by atoms with Crippen LogP contribution in [0.4, 0.5) is 10.2 Å². The van der Waals surface area contributed by atoms with Crippen molar-refractivity contribution in [3.8, 4) is 0 Å². The molecule has 1 aromatic heterocycles. The SMILES string of the molecule is O=C(Nc1[nH]nc2c1CN(S(=O)(=O)c1ccc(F)cc1)CC2)c1cccc(Br)c1. The molecule has 1 aliphatic heterocycles. The molecule has 0 bridgehead atoms. The summed E-state index contributed by atoms with van der Waals surface area (Å²) in [5, 5.41) is 9.75. The van der Waals surface area contributed by atoms with Crippen molar-refractivity contribution in [2.24, 2.45) is 0 Å². The first-order valence-corrected chi connectivity index (χ1v) is 11.0. The molecule has 4 rings (SSSR count). The van der Waals surface area contributed by atoms with Crippen molar-refractivity contribution in [3.63, 3.8) is 0 Å². The molecule has 29 heavy (non-hydrogen) atoms. The highest BCUT2D eigenvalue weighted by Crippen LogP contribution is 2.28. The van der Waals surface area contributed by atoms with Crippen LogP contribution in [-0.4, -0.2) is 35.4 Å². The van der Waals surface area contributed by atoms with E-state index in [0.717, 1.165) is 16.6 Å². The number of anilines is 1. The first-order valence-electron chi connectivity index (χ1n) is 8.73. The smallest absolute Gasteiger partial charge is 0.256 e. The molecule has 7 nitrogen and oxygen atoms in total. The second-order valence-corrected chi connectivity index (χ2v) is 9.38. The molecule has 0 atom stereocenters. The molecule has 0 unspecified atom stereocenters. The molecule has 1 aliphatic rings. The number of rotatable bonds is 4. The quantitative estimate of drug-likeness (QED) is 0.601. The second kappa shape index (κ2) is 7.69. The molecule has 150 valence electrons. The highest BCUT2D eigenvalue weighted by atomic mass is 79.9. The standard InChI is InChI=1S/C19H16BrFN4O3S/c20-13-3-1-2-12(10-13)19(26)22-18-16-11-25(9-8-17(16)23-24-18)29(27,28)15-6-4-14(21)5-7-15/h1-7,10H,8-9,11H2,(H2,22,23,24,26). The monoisotopic (exact) mass is 478 g/mol. The number of carbonyl (C=O) groups excluding carboxylic acids is 1. The fourth-order valence-corrected chi connectivity index (χ4v) is 4.95. The summed E-state index contributed by atoms with van der Waals surface area (Å²) in [4.78, 5) is 12.6. The van der Waals surface area contributed by atoms with Gasteiger partial charge in [0.15, 0.2) is 0 Å². The van der Waals surface area contributed by atoms with Gasteiger partial charge in [0.1, 0.15) is 11.6 Å². The Bertz CT molecular complexity index is 1180. The summed E-state index contributed by atoms with van der Waals surface area (Å²) in [5.41, 5.74) is 1.78. The Hall–Kier alpha value is -2.56. The van der Waals surface area contributed by atoms with E-state index in [1.54, 1.807) is 18.2 Å². The van der Waals surface area contributed by atoms with Crippen LogP contribution in [0.1, 0.15) is 21.6 Å². The average Bonchev–Trinajstić information content (AvgIpc) is 3.10. The van der Waals surface area contributed by atoms with Crippen LogP contribution < -0.4 is 5.32 Å². The lowest BCUT2D eigenvalue weighted by molar-refractivity contribution is 0.102. The van der Waals surface area contributed by atoms with Gasteiger partial charge < -0.3 is 5.32 Å². The van der Waals surface area contributed by atoms with E-state index >= 15 is 0 Å². The zero-order valence-electron chi connectivity index (χ0n) is 15.0. The molecule has 3 aromatic rings. The Morgan fingerprint density at radius 3 is 2.69 bits per heavy atom. The lowest BCUT2D eigenvalue weighted by Gasteiger charge is -2.26. The van der Waals surface area contributed by atoms with E-state index < -0.39 is 15.8 Å². The number of carbonyl (C=O) groups is 1. The lowest BCUT2D eigenvalue weighted by Crippen LogP contribution is -2.36. The van der Waals surface area contributed by atoms with E-state index in [0.29, 0.717) is 29.1 Å². The highest BCUT2D eigenvalue weighted by molar-refractivity contribution is 9.10. The highest BCUT2D eigenvalue weighted by Gasteiger charge is 2.31. The Balaban J connectivity index is 1.57. The number of aromatic nitrogens is 2.